The van der Waals surface area contributed by atoms with Gasteiger partial charge in [-0.25, -0.2) is 0 Å². The predicted molar refractivity (Wildman–Crippen MR) is 123 cm³/mol. The van der Waals surface area contributed by atoms with Gasteiger partial charge in [0, 0.05) is 54.9 Å². The van der Waals surface area contributed by atoms with Crippen LogP contribution in [0.3, 0.4) is 0 Å². The first kappa shape index (κ1) is 21.8. The van der Waals surface area contributed by atoms with E-state index >= 15 is 0 Å². The first-order chi connectivity index (χ1) is 14.0. The second kappa shape index (κ2) is 10.8. The maximum absolute atomic E-state index is 12.4. The summed E-state index contributed by atoms with van der Waals surface area (Å²) in [6.07, 6.45) is 3.90. The Balaban J connectivity index is 1.46. The highest BCUT2D eigenvalue weighted by Crippen LogP contribution is 2.22. The van der Waals surface area contributed by atoms with Crippen molar-refractivity contribution in [3.05, 3.63) is 69.2 Å². The van der Waals surface area contributed by atoms with Gasteiger partial charge in [-0.3, -0.25) is 9.69 Å². The monoisotopic (exact) mass is 431 g/mol. The Bertz CT molecular complexity index is 844. The number of benzene rings is 2. The van der Waals surface area contributed by atoms with Crippen molar-refractivity contribution in [2.75, 3.05) is 45.8 Å². The van der Waals surface area contributed by atoms with Crippen LogP contribution in [0.2, 0.25) is 10.0 Å². The molecule has 0 aliphatic carbocycles. The molecule has 1 fully saturated rings. The van der Waals surface area contributed by atoms with Crippen LogP contribution in [0.4, 0.5) is 0 Å². The van der Waals surface area contributed by atoms with Gasteiger partial charge < -0.3 is 10.2 Å². The highest BCUT2D eigenvalue weighted by Gasteiger charge is 2.15. The van der Waals surface area contributed by atoms with Crippen LogP contribution in [0.25, 0.3) is 12.2 Å². The van der Waals surface area contributed by atoms with E-state index in [-0.39, 0.29) is 5.91 Å². The van der Waals surface area contributed by atoms with Gasteiger partial charge in [-0.05, 0) is 41.9 Å². The van der Waals surface area contributed by atoms with E-state index in [0.29, 0.717) is 22.2 Å². The fourth-order valence-corrected chi connectivity index (χ4v) is 3.80. The third-order valence-electron chi connectivity index (χ3n) is 5.22. The molecule has 0 spiro atoms. The molecule has 6 heteroatoms. The molecule has 2 aromatic rings. The van der Waals surface area contributed by atoms with Crippen LogP contribution in [0, 0.1) is 0 Å². The normalized spacial score (nSPS) is 15.7. The zero-order chi connectivity index (χ0) is 20.6. The van der Waals surface area contributed by atoms with Crippen molar-refractivity contribution in [2.45, 2.75) is 6.92 Å². The highest BCUT2D eigenvalue weighted by molar-refractivity contribution is 6.35. The SMILES string of the molecule is CCN1CCN(CCNC(=O)c2ccc(/C=C/c3ccc(Cl)cc3Cl)cc2)CC1. The number of rotatable bonds is 7. The summed E-state index contributed by atoms with van der Waals surface area (Å²) in [7, 11) is 0. The summed E-state index contributed by atoms with van der Waals surface area (Å²) in [5, 5.41) is 4.25. The molecule has 2 aromatic carbocycles. The molecule has 1 amide bonds. The van der Waals surface area contributed by atoms with Gasteiger partial charge in [-0.2, -0.15) is 0 Å². The second-order valence-electron chi connectivity index (χ2n) is 7.15. The molecule has 29 heavy (non-hydrogen) atoms. The van der Waals surface area contributed by atoms with Crippen LogP contribution in [-0.4, -0.2) is 61.5 Å². The molecular weight excluding hydrogens is 405 g/mol. The first-order valence-corrected chi connectivity index (χ1v) is 10.8. The van der Waals surface area contributed by atoms with E-state index in [2.05, 4.69) is 22.0 Å². The molecule has 1 aliphatic heterocycles. The predicted octanol–water partition coefficient (Wildman–Crippen LogP) is 4.53. The Morgan fingerprint density at radius 3 is 2.34 bits per heavy atom. The molecule has 1 saturated heterocycles. The average molecular weight is 432 g/mol. The van der Waals surface area contributed by atoms with Gasteiger partial charge in [-0.1, -0.05) is 60.5 Å². The summed E-state index contributed by atoms with van der Waals surface area (Å²) in [4.78, 5) is 17.2. The van der Waals surface area contributed by atoms with Crippen molar-refractivity contribution in [2.24, 2.45) is 0 Å². The zero-order valence-electron chi connectivity index (χ0n) is 16.7. The number of carbonyl (C=O) groups excluding carboxylic acids is 1. The Morgan fingerprint density at radius 1 is 1.00 bits per heavy atom. The van der Waals surface area contributed by atoms with Crippen LogP contribution in [-0.2, 0) is 0 Å². The minimum absolute atomic E-state index is 0.0338. The van der Waals surface area contributed by atoms with E-state index in [4.69, 9.17) is 23.2 Å². The molecule has 0 saturated carbocycles. The second-order valence-corrected chi connectivity index (χ2v) is 8.00. The van der Waals surface area contributed by atoms with Crippen LogP contribution in [0.5, 0.6) is 0 Å². The third kappa shape index (κ3) is 6.58. The van der Waals surface area contributed by atoms with Gasteiger partial charge in [0.2, 0.25) is 0 Å². The van der Waals surface area contributed by atoms with Gasteiger partial charge in [0.1, 0.15) is 0 Å². The summed E-state index contributed by atoms with van der Waals surface area (Å²) >= 11 is 12.1. The Morgan fingerprint density at radius 2 is 1.69 bits per heavy atom. The van der Waals surface area contributed by atoms with Crippen LogP contribution < -0.4 is 5.32 Å². The van der Waals surface area contributed by atoms with Crippen molar-refractivity contribution >= 4 is 41.3 Å². The lowest BCUT2D eigenvalue weighted by atomic mass is 10.1. The molecular formula is C23H27Cl2N3O. The number of halogens is 2. The maximum atomic E-state index is 12.4. The third-order valence-corrected chi connectivity index (χ3v) is 5.78. The molecule has 4 nitrogen and oxygen atoms in total. The number of nitrogens with one attached hydrogen (secondary N) is 1. The van der Waals surface area contributed by atoms with Crippen molar-refractivity contribution in [1.82, 2.24) is 15.1 Å². The van der Waals surface area contributed by atoms with Crippen LogP contribution >= 0.6 is 23.2 Å². The zero-order valence-corrected chi connectivity index (χ0v) is 18.2. The van der Waals surface area contributed by atoms with Gasteiger partial charge in [0.15, 0.2) is 0 Å². The van der Waals surface area contributed by atoms with Crippen molar-refractivity contribution in [3.8, 4) is 0 Å². The van der Waals surface area contributed by atoms with Crippen LogP contribution in [0.15, 0.2) is 42.5 Å². The maximum Gasteiger partial charge on any atom is 0.251 e. The number of hydrogen-bond donors (Lipinski definition) is 1. The van der Waals surface area contributed by atoms with Crippen LogP contribution in [0.1, 0.15) is 28.4 Å². The lowest BCUT2D eigenvalue weighted by Crippen LogP contribution is -2.48. The summed E-state index contributed by atoms with van der Waals surface area (Å²) in [5.41, 5.74) is 2.57. The Labute approximate surface area is 183 Å². The molecule has 1 heterocycles. The van der Waals surface area contributed by atoms with E-state index in [1.165, 1.54) is 0 Å². The summed E-state index contributed by atoms with van der Waals surface area (Å²) in [6, 6.07) is 13.0. The average Bonchev–Trinajstić information content (AvgIpc) is 2.74. The van der Waals surface area contributed by atoms with E-state index in [0.717, 1.165) is 50.4 Å². The van der Waals surface area contributed by atoms with Crippen molar-refractivity contribution in [1.29, 1.82) is 0 Å². The number of amides is 1. The lowest BCUT2D eigenvalue weighted by molar-refractivity contribution is 0.0938. The minimum Gasteiger partial charge on any atom is -0.351 e. The van der Waals surface area contributed by atoms with E-state index in [1.54, 1.807) is 6.07 Å². The van der Waals surface area contributed by atoms with Gasteiger partial charge in [0.25, 0.3) is 5.91 Å². The number of likely N-dealkylation sites (N-methyl/N-ethyl adjacent to an activating group) is 1. The molecule has 1 aliphatic rings. The van der Waals surface area contributed by atoms with E-state index in [1.807, 2.05) is 48.6 Å². The standard InChI is InChI=1S/C23H27Cl2N3O/c1-2-27-13-15-28(16-14-27)12-11-26-23(29)20-7-4-18(5-8-20)3-6-19-9-10-21(24)17-22(19)25/h3-10,17H,2,11-16H2,1H3,(H,26,29)/b6-3+. The first-order valence-electron chi connectivity index (χ1n) is 10.0. The number of carbonyl (C=O) groups is 1. The summed E-state index contributed by atoms with van der Waals surface area (Å²) in [5.74, 6) is -0.0338. The smallest absolute Gasteiger partial charge is 0.251 e. The van der Waals surface area contributed by atoms with Gasteiger partial charge >= 0.3 is 0 Å². The van der Waals surface area contributed by atoms with Gasteiger partial charge in [0.05, 0.1) is 0 Å². The largest absolute Gasteiger partial charge is 0.351 e. The Kier molecular flexibility index (Phi) is 8.13. The fourth-order valence-electron chi connectivity index (χ4n) is 3.33. The number of piperazine rings is 1. The number of nitrogens with zero attached hydrogens (tertiary/aromatic N) is 2. The topological polar surface area (TPSA) is 35.6 Å². The molecule has 154 valence electrons. The molecule has 0 bridgehead atoms. The summed E-state index contributed by atoms with van der Waals surface area (Å²) < 4.78 is 0. The summed E-state index contributed by atoms with van der Waals surface area (Å²) in [6.45, 7) is 9.24. The number of hydrogen-bond acceptors (Lipinski definition) is 3. The molecule has 0 unspecified atom stereocenters. The van der Waals surface area contributed by atoms with E-state index < -0.39 is 0 Å². The molecule has 1 N–H and O–H groups in total. The van der Waals surface area contributed by atoms with Crippen molar-refractivity contribution in [3.63, 3.8) is 0 Å². The molecule has 0 atom stereocenters. The quantitative estimate of drug-likeness (QED) is 0.653. The Hall–Kier alpha value is -1.85. The highest BCUT2D eigenvalue weighted by atomic mass is 35.5. The lowest BCUT2D eigenvalue weighted by Gasteiger charge is -2.33. The molecule has 0 radical (unpaired) electrons. The fraction of sp³-hybridized carbons (Fsp3) is 0.348. The van der Waals surface area contributed by atoms with E-state index in [9.17, 15) is 4.79 Å². The van der Waals surface area contributed by atoms with Crippen molar-refractivity contribution < 1.29 is 4.79 Å². The van der Waals surface area contributed by atoms with Gasteiger partial charge in [-0.15, -0.1) is 0 Å². The minimum atomic E-state index is -0.0338. The molecule has 0 aromatic heterocycles. The molecule has 3 rings (SSSR count).